The SMILES string of the molecule is CC.COc1ccc(CSc2ccc(F)c(Cl)c2F)cc1. The van der Waals surface area contributed by atoms with E-state index in [0.29, 0.717) is 10.6 Å². The van der Waals surface area contributed by atoms with E-state index in [2.05, 4.69) is 0 Å². The molecule has 5 heteroatoms. The van der Waals surface area contributed by atoms with E-state index in [1.807, 2.05) is 38.1 Å². The number of methoxy groups -OCH3 is 1. The van der Waals surface area contributed by atoms with Crippen molar-refractivity contribution in [1.29, 1.82) is 0 Å². The Kier molecular flexibility index (Phi) is 7.54. The van der Waals surface area contributed by atoms with Crippen molar-refractivity contribution in [2.45, 2.75) is 24.5 Å². The molecule has 0 bridgehead atoms. The van der Waals surface area contributed by atoms with Crippen molar-refractivity contribution in [3.63, 3.8) is 0 Å². The van der Waals surface area contributed by atoms with E-state index < -0.39 is 16.7 Å². The summed E-state index contributed by atoms with van der Waals surface area (Å²) in [6, 6.07) is 10.0. The van der Waals surface area contributed by atoms with Gasteiger partial charge in [-0.15, -0.1) is 11.8 Å². The summed E-state index contributed by atoms with van der Waals surface area (Å²) >= 11 is 6.79. The molecule has 0 aromatic heterocycles. The molecule has 0 saturated heterocycles. The highest BCUT2D eigenvalue weighted by molar-refractivity contribution is 7.98. The van der Waals surface area contributed by atoms with E-state index in [4.69, 9.17) is 16.3 Å². The number of hydrogen-bond acceptors (Lipinski definition) is 2. The molecule has 114 valence electrons. The Bertz CT molecular complexity index is 573. The van der Waals surface area contributed by atoms with Gasteiger partial charge in [-0.3, -0.25) is 0 Å². The Morgan fingerprint density at radius 1 is 1.05 bits per heavy atom. The van der Waals surface area contributed by atoms with Gasteiger partial charge in [0.25, 0.3) is 0 Å². The van der Waals surface area contributed by atoms with E-state index in [-0.39, 0.29) is 0 Å². The van der Waals surface area contributed by atoms with Gasteiger partial charge >= 0.3 is 0 Å². The van der Waals surface area contributed by atoms with Gasteiger partial charge in [0.2, 0.25) is 0 Å². The van der Waals surface area contributed by atoms with Gasteiger partial charge in [-0.25, -0.2) is 8.78 Å². The van der Waals surface area contributed by atoms with E-state index in [0.717, 1.165) is 11.3 Å². The monoisotopic (exact) mass is 330 g/mol. The molecule has 0 aliphatic carbocycles. The smallest absolute Gasteiger partial charge is 0.158 e. The van der Waals surface area contributed by atoms with Crippen LogP contribution < -0.4 is 4.74 Å². The van der Waals surface area contributed by atoms with E-state index in [9.17, 15) is 8.78 Å². The van der Waals surface area contributed by atoms with Crippen LogP contribution in [-0.4, -0.2) is 7.11 Å². The minimum atomic E-state index is -0.743. The molecule has 0 unspecified atom stereocenters. The zero-order valence-electron chi connectivity index (χ0n) is 12.1. The van der Waals surface area contributed by atoms with Crippen LogP contribution in [-0.2, 0) is 5.75 Å². The molecular weight excluding hydrogens is 314 g/mol. The minimum absolute atomic E-state index is 0.335. The summed E-state index contributed by atoms with van der Waals surface area (Å²) in [6.07, 6.45) is 0. The Morgan fingerprint density at radius 2 is 1.67 bits per heavy atom. The van der Waals surface area contributed by atoms with Gasteiger partial charge in [0.05, 0.1) is 7.11 Å². The maximum absolute atomic E-state index is 13.7. The molecule has 0 fully saturated rings. The van der Waals surface area contributed by atoms with Gasteiger partial charge in [0, 0.05) is 10.6 Å². The normalized spacial score (nSPS) is 9.81. The van der Waals surface area contributed by atoms with Gasteiger partial charge in [-0.05, 0) is 29.8 Å². The van der Waals surface area contributed by atoms with Crippen LogP contribution in [0, 0.1) is 11.6 Å². The van der Waals surface area contributed by atoms with Crippen molar-refractivity contribution in [3.8, 4) is 5.75 Å². The van der Waals surface area contributed by atoms with Crippen molar-refractivity contribution in [2.24, 2.45) is 0 Å². The minimum Gasteiger partial charge on any atom is -0.497 e. The first-order valence-corrected chi connectivity index (χ1v) is 7.87. The predicted molar refractivity (Wildman–Crippen MR) is 85.3 cm³/mol. The number of thioether (sulfide) groups is 1. The zero-order chi connectivity index (χ0) is 15.8. The van der Waals surface area contributed by atoms with Crippen LogP contribution in [0.2, 0.25) is 5.02 Å². The van der Waals surface area contributed by atoms with Gasteiger partial charge in [0.15, 0.2) is 5.82 Å². The fourth-order valence-corrected chi connectivity index (χ4v) is 2.63. The molecule has 0 heterocycles. The van der Waals surface area contributed by atoms with Crippen molar-refractivity contribution in [2.75, 3.05) is 7.11 Å². The molecular formula is C16H17ClF2OS. The third-order valence-electron chi connectivity index (χ3n) is 2.55. The highest BCUT2D eigenvalue weighted by Gasteiger charge is 2.11. The molecule has 0 saturated carbocycles. The molecule has 0 aliphatic rings. The maximum atomic E-state index is 13.7. The molecule has 1 nitrogen and oxygen atoms in total. The van der Waals surface area contributed by atoms with Crippen LogP contribution in [0.15, 0.2) is 41.3 Å². The van der Waals surface area contributed by atoms with E-state index in [1.165, 1.54) is 23.9 Å². The van der Waals surface area contributed by atoms with Crippen molar-refractivity contribution in [3.05, 3.63) is 58.6 Å². The molecule has 0 atom stereocenters. The summed E-state index contributed by atoms with van der Waals surface area (Å²) in [6.45, 7) is 4.00. The highest BCUT2D eigenvalue weighted by Crippen LogP contribution is 2.31. The van der Waals surface area contributed by atoms with Crippen molar-refractivity contribution in [1.82, 2.24) is 0 Å². The molecule has 21 heavy (non-hydrogen) atoms. The fourth-order valence-electron chi connectivity index (χ4n) is 1.50. The second kappa shape index (κ2) is 8.90. The van der Waals surface area contributed by atoms with Gasteiger partial charge in [-0.1, -0.05) is 37.6 Å². The molecule has 2 rings (SSSR count). The summed E-state index contributed by atoms with van der Waals surface area (Å²) in [5, 5.41) is -0.459. The summed E-state index contributed by atoms with van der Waals surface area (Å²) in [5.74, 6) is -0.110. The second-order valence-electron chi connectivity index (χ2n) is 3.81. The van der Waals surface area contributed by atoms with Gasteiger partial charge in [0.1, 0.15) is 16.6 Å². The third-order valence-corrected chi connectivity index (χ3v) is 4.00. The Morgan fingerprint density at radius 3 is 2.24 bits per heavy atom. The zero-order valence-corrected chi connectivity index (χ0v) is 13.7. The average Bonchev–Trinajstić information content (AvgIpc) is 2.54. The Balaban J connectivity index is 0.00000106. The first-order valence-electron chi connectivity index (χ1n) is 6.51. The number of ether oxygens (including phenoxy) is 1. The van der Waals surface area contributed by atoms with Crippen LogP contribution in [0.5, 0.6) is 5.75 Å². The molecule has 0 spiro atoms. The number of benzene rings is 2. The number of hydrogen-bond donors (Lipinski definition) is 0. The standard InChI is InChI=1S/C14H11ClF2OS.C2H6/c1-18-10-4-2-9(3-5-10)8-19-12-7-6-11(16)13(15)14(12)17;1-2/h2-7H,8H2,1H3;1-2H3. The summed E-state index contributed by atoms with van der Waals surface area (Å²) < 4.78 is 31.7. The number of halogens is 3. The summed E-state index contributed by atoms with van der Waals surface area (Å²) in [4.78, 5) is 0.335. The topological polar surface area (TPSA) is 9.23 Å². The van der Waals surface area contributed by atoms with Crippen LogP contribution >= 0.6 is 23.4 Å². The lowest BCUT2D eigenvalue weighted by Crippen LogP contribution is -1.89. The first-order chi connectivity index (χ1) is 10.1. The van der Waals surface area contributed by atoms with Crippen LogP contribution in [0.4, 0.5) is 8.78 Å². The second-order valence-corrected chi connectivity index (χ2v) is 5.21. The van der Waals surface area contributed by atoms with E-state index >= 15 is 0 Å². The van der Waals surface area contributed by atoms with Gasteiger partial charge in [-0.2, -0.15) is 0 Å². The summed E-state index contributed by atoms with van der Waals surface area (Å²) in [5.41, 5.74) is 1.02. The molecule has 0 aliphatic heterocycles. The van der Waals surface area contributed by atoms with Crippen LogP contribution in [0.3, 0.4) is 0 Å². The average molecular weight is 331 g/mol. The Hall–Kier alpha value is -1.26. The Labute approximate surface area is 133 Å². The third kappa shape index (κ3) is 4.90. The van der Waals surface area contributed by atoms with Gasteiger partial charge < -0.3 is 4.74 Å². The quantitative estimate of drug-likeness (QED) is 0.506. The molecule has 2 aromatic rings. The maximum Gasteiger partial charge on any atom is 0.158 e. The van der Waals surface area contributed by atoms with Crippen LogP contribution in [0.25, 0.3) is 0 Å². The van der Waals surface area contributed by atoms with Crippen molar-refractivity contribution >= 4 is 23.4 Å². The molecule has 2 aromatic carbocycles. The molecule has 0 radical (unpaired) electrons. The summed E-state index contributed by atoms with van der Waals surface area (Å²) in [7, 11) is 1.60. The predicted octanol–water partition coefficient (Wildman–Crippen LogP) is 5.95. The van der Waals surface area contributed by atoms with E-state index in [1.54, 1.807) is 7.11 Å². The molecule has 0 amide bonds. The lowest BCUT2D eigenvalue weighted by atomic mass is 10.2. The lowest BCUT2D eigenvalue weighted by molar-refractivity contribution is 0.414. The first kappa shape index (κ1) is 17.8. The van der Waals surface area contributed by atoms with Crippen molar-refractivity contribution < 1.29 is 13.5 Å². The molecule has 0 N–H and O–H groups in total. The highest BCUT2D eigenvalue weighted by atomic mass is 35.5. The van der Waals surface area contributed by atoms with Crippen LogP contribution in [0.1, 0.15) is 19.4 Å². The fraction of sp³-hybridized carbons (Fsp3) is 0.250. The lowest BCUT2D eigenvalue weighted by Gasteiger charge is -2.06. The number of rotatable bonds is 4. The largest absolute Gasteiger partial charge is 0.497 e.